The molecule has 374 valence electrons. The lowest BCUT2D eigenvalue weighted by Crippen LogP contribution is -2.64. The third-order valence-corrected chi connectivity index (χ3v) is 14.4. The molecule has 3 aliphatic heterocycles. The first-order valence-corrected chi connectivity index (χ1v) is 24.1. The van der Waals surface area contributed by atoms with E-state index < -0.39 is 77.8 Å². The molecule has 3 fully saturated rings. The number of ketones is 2. The number of hydrogen-bond donors (Lipinski definition) is 4. The van der Waals surface area contributed by atoms with Crippen LogP contribution in [-0.4, -0.2) is 139 Å². The van der Waals surface area contributed by atoms with Crippen LogP contribution < -0.4 is 5.32 Å². The Labute approximate surface area is 396 Å². The van der Waals surface area contributed by atoms with E-state index in [9.17, 15) is 39.3 Å². The van der Waals surface area contributed by atoms with Gasteiger partial charge in [0, 0.05) is 57.7 Å². The maximum absolute atomic E-state index is 14.5. The minimum atomic E-state index is -2.53. The van der Waals surface area contributed by atoms with Gasteiger partial charge >= 0.3 is 5.97 Å². The third-order valence-electron chi connectivity index (χ3n) is 14.4. The van der Waals surface area contributed by atoms with E-state index in [4.69, 9.17) is 28.4 Å². The molecule has 3 heterocycles. The Hall–Kier alpha value is -4.03. The van der Waals surface area contributed by atoms with Crippen molar-refractivity contribution in [1.29, 1.82) is 0 Å². The lowest BCUT2D eigenvalue weighted by molar-refractivity contribution is -0.302. The molecule has 16 nitrogen and oxygen atoms in total. The molecule has 5 rings (SSSR count). The number of allylic oxidation sites excluding steroid dienone is 3. The second kappa shape index (κ2) is 24.5. The number of nitrogens with zero attached hydrogens (tertiary/aromatic N) is 1. The average Bonchev–Trinajstić information content (AvgIpc) is 3.31. The number of phenolic OH excluding ortho intramolecular Hbond substituents is 1. The van der Waals surface area contributed by atoms with Crippen LogP contribution in [0.2, 0.25) is 0 Å². The van der Waals surface area contributed by atoms with Crippen LogP contribution in [0.4, 0.5) is 5.69 Å². The summed E-state index contributed by atoms with van der Waals surface area (Å²) in [6, 6.07) is 4.95. The van der Waals surface area contributed by atoms with Gasteiger partial charge in [-0.05, 0) is 120 Å². The lowest BCUT2D eigenvalue weighted by atomic mass is 9.81. The number of benzene rings is 1. The number of aliphatic hydroxyl groups is 2. The summed E-state index contributed by atoms with van der Waals surface area (Å²) in [5, 5.41) is 36.3. The molecule has 2 bridgehead atoms. The summed E-state index contributed by atoms with van der Waals surface area (Å²) in [5.74, 6) is -8.10. The van der Waals surface area contributed by atoms with Crippen molar-refractivity contribution in [3.05, 3.63) is 47.6 Å². The van der Waals surface area contributed by atoms with Gasteiger partial charge in [-0.1, -0.05) is 45.4 Å². The van der Waals surface area contributed by atoms with Crippen LogP contribution in [0.3, 0.4) is 0 Å². The molecule has 16 heteroatoms. The first kappa shape index (κ1) is 53.9. The highest BCUT2D eigenvalue weighted by Crippen LogP contribution is 2.39. The summed E-state index contributed by atoms with van der Waals surface area (Å²) < 4.78 is 36.3. The molecular weight excluding hydrogens is 865 g/mol. The molecule has 2 saturated heterocycles. The van der Waals surface area contributed by atoms with Gasteiger partial charge < -0.3 is 54.0 Å². The van der Waals surface area contributed by atoms with Crippen molar-refractivity contribution in [1.82, 2.24) is 4.90 Å². The lowest BCUT2D eigenvalue weighted by Gasteiger charge is -2.47. The Morgan fingerprint density at radius 3 is 2.24 bits per heavy atom. The minimum absolute atomic E-state index is 0.0120. The topological polar surface area (TPSA) is 217 Å². The zero-order valence-corrected chi connectivity index (χ0v) is 40.9. The number of hydrogen-bond acceptors (Lipinski definition) is 14. The van der Waals surface area contributed by atoms with Crippen LogP contribution in [0.5, 0.6) is 5.75 Å². The number of fused-ring (bicyclic) bond motifs is 3. The summed E-state index contributed by atoms with van der Waals surface area (Å²) in [6.45, 7) is 11.0. The molecule has 0 spiro atoms. The zero-order valence-electron chi connectivity index (χ0n) is 40.9. The van der Waals surface area contributed by atoms with Gasteiger partial charge in [0.05, 0.1) is 30.5 Å². The molecule has 0 radical (unpaired) electrons. The Morgan fingerprint density at radius 1 is 0.910 bits per heavy atom. The average molecular weight is 941 g/mol. The highest BCUT2D eigenvalue weighted by molar-refractivity contribution is 6.39. The van der Waals surface area contributed by atoms with Crippen molar-refractivity contribution in [2.24, 2.45) is 29.6 Å². The van der Waals surface area contributed by atoms with Gasteiger partial charge in [0.15, 0.2) is 0 Å². The van der Waals surface area contributed by atoms with Crippen molar-refractivity contribution >= 4 is 35.0 Å². The van der Waals surface area contributed by atoms with Crippen LogP contribution in [-0.2, 0) is 52.4 Å². The summed E-state index contributed by atoms with van der Waals surface area (Å²) in [4.78, 5) is 71.0. The molecular formula is C51H76N2O14. The number of nitrogens with one attached hydrogen (secondary N) is 1. The number of ether oxygens (including phenoxy) is 6. The largest absolute Gasteiger partial charge is 0.508 e. The number of aromatic hydroxyl groups is 1. The van der Waals surface area contributed by atoms with E-state index in [2.05, 4.69) is 5.32 Å². The van der Waals surface area contributed by atoms with Crippen molar-refractivity contribution in [2.75, 3.05) is 39.8 Å². The molecule has 1 aromatic carbocycles. The minimum Gasteiger partial charge on any atom is -0.508 e. The van der Waals surface area contributed by atoms with Crippen LogP contribution in [0, 0.1) is 29.6 Å². The summed E-state index contributed by atoms with van der Waals surface area (Å²) in [7, 11) is 4.63. The molecule has 4 aliphatic rings. The number of carbonyl (C=O) groups is 5. The van der Waals surface area contributed by atoms with E-state index in [1.165, 1.54) is 31.3 Å². The number of aliphatic hydroxyl groups excluding tert-OH is 1. The number of anilines is 1. The van der Waals surface area contributed by atoms with Crippen LogP contribution in [0.25, 0.3) is 0 Å². The van der Waals surface area contributed by atoms with Gasteiger partial charge in [0.25, 0.3) is 11.7 Å². The van der Waals surface area contributed by atoms with Crippen LogP contribution >= 0.6 is 0 Å². The third kappa shape index (κ3) is 13.6. The number of phenols is 1. The normalized spacial score (nSPS) is 36.5. The molecule has 2 amide bonds. The van der Waals surface area contributed by atoms with E-state index >= 15 is 0 Å². The van der Waals surface area contributed by atoms with E-state index in [1.54, 1.807) is 33.1 Å². The Kier molecular flexibility index (Phi) is 19.7. The van der Waals surface area contributed by atoms with E-state index in [1.807, 2.05) is 39.8 Å². The predicted molar refractivity (Wildman–Crippen MR) is 249 cm³/mol. The van der Waals surface area contributed by atoms with Crippen molar-refractivity contribution in [3.8, 4) is 5.75 Å². The second-order valence-corrected chi connectivity index (χ2v) is 19.5. The molecule has 0 aromatic heterocycles. The highest BCUT2D eigenvalue weighted by atomic mass is 16.7. The Balaban J connectivity index is 1.43. The number of amides is 2. The first-order valence-electron chi connectivity index (χ1n) is 24.1. The monoisotopic (exact) mass is 941 g/mol. The van der Waals surface area contributed by atoms with E-state index in [0.717, 1.165) is 5.57 Å². The van der Waals surface area contributed by atoms with Gasteiger partial charge in [-0.15, -0.1) is 0 Å². The fourth-order valence-electron chi connectivity index (χ4n) is 10.5. The van der Waals surface area contributed by atoms with Crippen LogP contribution in [0.15, 0.2) is 47.6 Å². The fraction of sp³-hybridized carbons (Fsp3) is 0.706. The Bertz CT molecular complexity index is 1920. The number of methoxy groups -OCH3 is 3. The smallest absolute Gasteiger partial charge is 0.329 e. The number of rotatable bonds is 10. The van der Waals surface area contributed by atoms with E-state index in [-0.39, 0.29) is 73.9 Å². The zero-order chi connectivity index (χ0) is 49.2. The van der Waals surface area contributed by atoms with Gasteiger partial charge in [-0.2, -0.15) is 0 Å². The summed E-state index contributed by atoms with van der Waals surface area (Å²) >= 11 is 0. The number of Topliss-reactive ketones (excluding diaryl/α,β-unsaturated/α-hetero) is 2. The maximum atomic E-state index is 14.5. The molecule has 0 unspecified atom stereocenters. The number of esters is 1. The highest BCUT2D eigenvalue weighted by Gasteiger charge is 2.56. The number of piperidine rings is 1. The molecule has 4 N–H and O–H groups in total. The van der Waals surface area contributed by atoms with E-state index in [0.29, 0.717) is 62.6 Å². The van der Waals surface area contributed by atoms with Gasteiger partial charge in [0.2, 0.25) is 11.7 Å². The fourth-order valence-corrected chi connectivity index (χ4v) is 10.5. The predicted octanol–water partition coefficient (Wildman–Crippen LogP) is 5.84. The first-order chi connectivity index (χ1) is 31.8. The molecule has 67 heavy (non-hydrogen) atoms. The van der Waals surface area contributed by atoms with Gasteiger partial charge in [-0.25, -0.2) is 4.79 Å². The quantitative estimate of drug-likeness (QED) is 0.0939. The van der Waals surface area contributed by atoms with Crippen molar-refractivity contribution in [2.45, 2.75) is 167 Å². The summed E-state index contributed by atoms with van der Waals surface area (Å²) in [6.07, 6.45) is 3.46. The molecule has 1 saturated carbocycles. The number of carbonyl (C=O) groups excluding carboxylic acids is 5. The van der Waals surface area contributed by atoms with Gasteiger partial charge in [0.1, 0.15) is 36.4 Å². The standard InChI is InChI=1S/C51H76N2O14/c1-10-35-22-29(2)21-30(3)23-43(63-8)47-44(64-9)25-32(5)51(61,67-47)48(58)49(59)53-20-12-11-13-38(53)50(60)66-46(33(6)39(55)27-40(35)56)31(4)24-34-14-19-41(42(26-34)62-7)65-28-45(57)52-36-15-17-37(54)18-16-36/h15-18,22,24,30,32-35,38-39,41-44,46-47,54-55,61H,10-14,19-21,23,25-28H2,1-9H3,(H,52,57)/b29-22+,31-24+/t30-,32+,33+,34-,35+,38-,39-,41+,42+,43-,44-,46+,47+,51+/m0/s1. The SMILES string of the molecule is CC[C@@H]1/C=C(\C)C[C@H](C)C[C@H](OC)[C@H]2O[C@@](O)(C(=O)C(=O)N3CCCC[C@H]3C(=O)O[C@H](/C(C)=C/[C@@H]3CC[C@@H](OCC(=O)Nc4ccc(O)cc4)[C@H](OC)C3)[C@H](C)[C@@H](O)CC1=O)[C@H](C)C[C@@H]2OC. The summed E-state index contributed by atoms with van der Waals surface area (Å²) in [5.41, 5.74) is 2.13. The molecule has 14 atom stereocenters. The maximum Gasteiger partial charge on any atom is 0.329 e. The molecule has 1 aliphatic carbocycles. The Morgan fingerprint density at radius 2 is 1.58 bits per heavy atom. The second-order valence-electron chi connectivity index (χ2n) is 19.5. The van der Waals surface area contributed by atoms with Crippen molar-refractivity contribution < 1.29 is 67.7 Å². The molecule has 1 aromatic rings. The van der Waals surface area contributed by atoms with Gasteiger partial charge in [-0.3, -0.25) is 19.2 Å². The number of cyclic esters (lactones) is 1. The van der Waals surface area contributed by atoms with Crippen LogP contribution in [0.1, 0.15) is 112 Å². The van der Waals surface area contributed by atoms with Crippen molar-refractivity contribution in [3.63, 3.8) is 0 Å².